The molecule has 7 heteroatoms. The van der Waals surface area contributed by atoms with E-state index in [9.17, 15) is 8.42 Å². The van der Waals surface area contributed by atoms with Crippen molar-refractivity contribution in [3.05, 3.63) is 29.8 Å². The maximum absolute atomic E-state index is 11.5. The van der Waals surface area contributed by atoms with Crippen LogP contribution < -0.4 is 10.5 Å². The highest BCUT2D eigenvalue weighted by molar-refractivity contribution is 7.90. The number of anilines is 1. The van der Waals surface area contributed by atoms with Gasteiger partial charge in [-0.1, -0.05) is 12.1 Å². The van der Waals surface area contributed by atoms with Crippen LogP contribution in [0.15, 0.2) is 24.3 Å². The Morgan fingerprint density at radius 1 is 1.44 bits per heavy atom. The predicted octanol–water partition coefficient (Wildman–Crippen LogP) is 0.189. The minimum absolute atomic E-state index is 0.106. The smallest absolute Gasteiger partial charge is 0.301 e. The van der Waals surface area contributed by atoms with E-state index < -0.39 is 10.2 Å². The molecule has 0 amide bonds. The summed E-state index contributed by atoms with van der Waals surface area (Å²) in [5.41, 5.74) is 6.15. The standard InChI is InChI=1S/C9H14N4O2S/c1-13(2)16(14,15)12-8-5-3-4-7(6-8)9(10)11/h3-6,12H,1-2H3,(H3,10,11). The molecule has 0 unspecified atom stereocenters. The third-order valence-electron chi connectivity index (χ3n) is 1.90. The Bertz CT molecular complexity index is 496. The molecule has 0 aromatic heterocycles. The normalized spacial score (nSPS) is 11.4. The van der Waals surface area contributed by atoms with E-state index in [1.807, 2.05) is 0 Å². The summed E-state index contributed by atoms with van der Waals surface area (Å²) in [6.07, 6.45) is 0. The van der Waals surface area contributed by atoms with Gasteiger partial charge in [0.1, 0.15) is 5.84 Å². The van der Waals surface area contributed by atoms with Crippen LogP contribution >= 0.6 is 0 Å². The van der Waals surface area contributed by atoms with E-state index in [4.69, 9.17) is 11.1 Å². The third-order valence-corrected chi connectivity index (χ3v) is 3.36. The molecule has 88 valence electrons. The van der Waals surface area contributed by atoms with E-state index in [1.54, 1.807) is 18.2 Å². The van der Waals surface area contributed by atoms with Crippen molar-refractivity contribution in [1.82, 2.24) is 4.31 Å². The molecule has 0 atom stereocenters. The maximum Gasteiger partial charge on any atom is 0.301 e. The van der Waals surface area contributed by atoms with Crippen LogP contribution in [0.1, 0.15) is 5.56 Å². The molecule has 0 aliphatic heterocycles. The SMILES string of the molecule is CN(C)S(=O)(=O)Nc1cccc(C(=N)N)c1. The Morgan fingerprint density at radius 2 is 2.06 bits per heavy atom. The number of nitrogens with one attached hydrogen (secondary N) is 2. The summed E-state index contributed by atoms with van der Waals surface area (Å²) in [5, 5.41) is 7.24. The van der Waals surface area contributed by atoms with Gasteiger partial charge in [-0.25, -0.2) is 0 Å². The van der Waals surface area contributed by atoms with Crippen molar-refractivity contribution in [1.29, 1.82) is 5.41 Å². The van der Waals surface area contributed by atoms with Gasteiger partial charge in [0.25, 0.3) is 0 Å². The summed E-state index contributed by atoms with van der Waals surface area (Å²) in [7, 11) is -0.666. The van der Waals surface area contributed by atoms with Gasteiger partial charge in [0, 0.05) is 19.7 Å². The van der Waals surface area contributed by atoms with Crippen molar-refractivity contribution in [2.45, 2.75) is 0 Å². The monoisotopic (exact) mass is 242 g/mol. The Hall–Kier alpha value is -1.60. The fourth-order valence-electron chi connectivity index (χ4n) is 0.990. The van der Waals surface area contributed by atoms with E-state index in [2.05, 4.69) is 4.72 Å². The zero-order valence-corrected chi connectivity index (χ0v) is 9.88. The molecule has 6 nitrogen and oxygen atoms in total. The lowest BCUT2D eigenvalue weighted by Crippen LogP contribution is -2.29. The lowest BCUT2D eigenvalue weighted by molar-refractivity contribution is 0.527. The van der Waals surface area contributed by atoms with Crippen LogP contribution in [0, 0.1) is 5.41 Å². The molecule has 1 aromatic rings. The van der Waals surface area contributed by atoms with Crippen LogP contribution in [-0.2, 0) is 10.2 Å². The van der Waals surface area contributed by atoms with Gasteiger partial charge in [0.2, 0.25) is 0 Å². The van der Waals surface area contributed by atoms with Crippen LogP contribution in [0.2, 0.25) is 0 Å². The first-order valence-electron chi connectivity index (χ1n) is 4.47. The van der Waals surface area contributed by atoms with Crippen molar-refractivity contribution >= 4 is 21.7 Å². The first kappa shape index (κ1) is 12.5. The molecular weight excluding hydrogens is 228 g/mol. The van der Waals surface area contributed by atoms with Crippen molar-refractivity contribution in [3.63, 3.8) is 0 Å². The van der Waals surface area contributed by atoms with E-state index in [1.165, 1.54) is 20.2 Å². The molecule has 0 spiro atoms. The second-order valence-electron chi connectivity index (χ2n) is 3.38. The van der Waals surface area contributed by atoms with Crippen molar-refractivity contribution in [2.75, 3.05) is 18.8 Å². The zero-order chi connectivity index (χ0) is 12.3. The summed E-state index contributed by atoms with van der Waals surface area (Å²) in [6.45, 7) is 0. The number of nitrogen functional groups attached to an aromatic ring is 1. The second-order valence-corrected chi connectivity index (χ2v) is 5.27. The zero-order valence-electron chi connectivity index (χ0n) is 9.06. The van der Waals surface area contributed by atoms with E-state index >= 15 is 0 Å². The average Bonchev–Trinajstić information content (AvgIpc) is 2.17. The lowest BCUT2D eigenvalue weighted by Gasteiger charge is -2.13. The van der Waals surface area contributed by atoms with Crippen molar-refractivity contribution in [3.8, 4) is 0 Å². The van der Waals surface area contributed by atoms with Gasteiger partial charge in [-0.05, 0) is 12.1 Å². The van der Waals surface area contributed by atoms with Gasteiger partial charge >= 0.3 is 10.2 Å². The quantitative estimate of drug-likeness (QED) is 0.519. The van der Waals surface area contributed by atoms with Crippen molar-refractivity contribution < 1.29 is 8.42 Å². The third kappa shape index (κ3) is 2.94. The summed E-state index contributed by atoms with van der Waals surface area (Å²) in [4.78, 5) is 0. The maximum atomic E-state index is 11.5. The number of rotatable bonds is 4. The van der Waals surface area contributed by atoms with Gasteiger partial charge in [0.05, 0.1) is 5.69 Å². The summed E-state index contributed by atoms with van der Waals surface area (Å²) < 4.78 is 26.4. The topological polar surface area (TPSA) is 99.3 Å². The molecule has 0 fully saturated rings. The molecular formula is C9H14N4O2S. The first-order chi connectivity index (χ1) is 7.33. The van der Waals surface area contributed by atoms with Crippen LogP contribution in [0.5, 0.6) is 0 Å². The van der Waals surface area contributed by atoms with Gasteiger partial charge in [-0.2, -0.15) is 12.7 Å². The molecule has 0 radical (unpaired) electrons. The summed E-state index contributed by atoms with van der Waals surface area (Å²) in [5.74, 6) is -0.106. The van der Waals surface area contributed by atoms with Gasteiger partial charge in [0.15, 0.2) is 0 Å². The van der Waals surface area contributed by atoms with Crippen LogP contribution in [-0.4, -0.2) is 32.7 Å². The fraction of sp³-hybridized carbons (Fsp3) is 0.222. The molecule has 0 aliphatic carbocycles. The van der Waals surface area contributed by atoms with Gasteiger partial charge < -0.3 is 5.73 Å². The summed E-state index contributed by atoms with van der Waals surface area (Å²) in [6, 6.07) is 6.36. The minimum Gasteiger partial charge on any atom is -0.384 e. The largest absolute Gasteiger partial charge is 0.384 e. The number of nitrogens with two attached hydrogens (primary N) is 1. The highest BCUT2D eigenvalue weighted by Crippen LogP contribution is 2.12. The fourth-order valence-corrected chi connectivity index (χ4v) is 1.60. The Kier molecular flexibility index (Phi) is 3.51. The van der Waals surface area contributed by atoms with E-state index in [0.717, 1.165) is 4.31 Å². The molecule has 4 N–H and O–H groups in total. The molecule has 0 heterocycles. The molecule has 0 aliphatic rings. The lowest BCUT2D eigenvalue weighted by atomic mass is 10.2. The highest BCUT2D eigenvalue weighted by atomic mass is 32.2. The molecule has 1 rings (SSSR count). The first-order valence-corrected chi connectivity index (χ1v) is 5.91. The van der Waals surface area contributed by atoms with Crippen LogP contribution in [0.3, 0.4) is 0 Å². The minimum atomic E-state index is -3.52. The van der Waals surface area contributed by atoms with Gasteiger partial charge in [-0.3, -0.25) is 10.1 Å². The Labute approximate surface area is 94.8 Å². The molecule has 1 aromatic carbocycles. The molecule has 0 saturated heterocycles. The number of hydrogen-bond acceptors (Lipinski definition) is 3. The second kappa shape index (κ2) is 4.50. The van der Waals surface area contributed by atoms with E-state index in [0.29, 0.717) is 11.3 Å². The molecule has 0 saturated carbocycles. The van der Waals surface area contributed by atoms with Crippen LogP contribution in [0.4, 0.5) is 5.69 Å². The number of amidine groups is 1. The predicted molar refractivity (Wildman–Crippen MR) is 63.7 cm³/mol. The van der Waals surface area contributed by atoms with E-state index in [-0.39, 0.29) is 5.84 Å². The summed E-state index contributed by atoms with van der Waals surface area (Å²) >= 11 is 0. The number of benzene rings is 1. The average molecular weight is 242 g/mol. The molecule has 16 heavy (non-hydrogen) atoms. The van der Waals surface area contributed by atoms with Crippen LogP contribution in [0.25, 0.3) is 0 Å². The molecule has 0 bridgehead atoms. The number of hydrogen-bond donors (Lipinski definition) is 3. The Balaban J connectivity index is 2.99. The van der Waals surface area contributed by atoms with Gasteiger partial charge in [-0.15, -0.1) is 0 Å². The number of nitrogens with zero attached hydrogens (tertiary/aromatic N) is 1. The Morgan fingerprint density at radius 3 is 2.56 bits per heavy atom. The highest BCUT2D eigenvalue weighted by Gasteiger charge is 2.12. The van der Waals surface area contributed by atoms with Crippen molar-refractivity contribution in [2.24, 2.45) is 5.73 Å².